The summed E-state index contributed by atoms with van der Waals surface area (Å²) < 4.78 is 50.1. The summed E-state index contributed by atoms with van der Waals surface area (Å²) in [5, 5.41) is 17.9. The summed E-state index contributed by atoms with van der Waals surface area (Å²) in [6.45, 7) is 0. The Morgan fingerprint density at radius 1 is 0.724 bits per heavy atom. The van der Waals surface area contributed by atoms with Gasteiger partial charge in [-0.2, -0.15) is 10.5 Å². The van der Waals surface area contributed by atoms with Crippen LogP contribution in [0.5, 0.6) is 0 Å². The SMILES string of the molecule is N#CC(=Cc1ccc(Cl)cc1)S(=O)(=O)CS(=O)(=O)C(C#N)=Cc1ccc(Cl)cc1. The number of hydrogen-bond donors (Lipinski definition) is 0. The monoisotopic (exact) mass is 466 g/mol. The molecule has 0 aliphatic heterocycles. The number of nitriles is 2. The maximum Gasteiger partial charge on any atom is 0.203 e. The van der Waals surface area contributed by atoms with E-state index in [1.807, 2.05) is 0 Å². The van der Waals surface area contributed by atoms with Crippen LogP contribution in [-0.2, 0) is 19.7 Å². The molecule has 0 N–H and O–H groups in total. The number of nitrogens with zero attached hydrogens (tertiary/aromatic N) is 2. The van der Waals surface area contributed by atoms with Crippen LogP contribution < -0.4 is 0 Å². The summed E-state index contributed by atoms with van der Waals surface area (Å²) in [4.78, 5) is -1.49. The molecule has 0 atom stereocenters. The second-order valence-corrected chi connectivity index (χ2v) is 10.8. The van der Waals surface area contributed by atoms with Gasteiger partial charge in [0.2, 0.25) is 19.7 Å². The Balaban J connectivity index is 2.39. The number of sulfone groups is 2. The lowest BCUT2D eigenvalue weighted by Gasteiger charge is -2.05. The number of hydrogen-bond acceptors (Lipinski definition) is 6. The van der Waals surface area contributed by atoms with Crippen LogP contribution in [0.3, 0.4) is 0 Å². The highest BCUT2D eigenvalue weighted by molar-refractivity contribution is 8.11. The number of benzene rings is 2. The van der Waals surface area contributed by atoms with Gasteiger partial charge < -0.3 is 0 Å². The zero-order valence-electron chi connectivity index (χ0n) is 14.6. The van der Waals surface area contributed by atoms with Gasteiger partial charge in [-0.05, 0) is 47.5 Å². The quantitative estimate of drug-likeness (QED) is 0.588. The van der Waals surface area contributed by atoms with Crippen LogP contribution in [-0.4, -0.2) is 21.9 Å². The van der Waals surface area contributed by atoms with Gasteiger partial charge in [0.15, 0.2) is 5.08 Å². The number of allylic oxidation sites excluding steroid dienone is 2. The Bertz CT molecular complexity index is 1160. The molecule has 0 aliphatic rings. The van der Waals surface area contributed by atoms with Gasteiger partial charge >= 0.3 is 0 Å². The first kappa shape index (κ1) is 22.7. The Hall–Kier alpha value is -2.62. The minimum Gasteiger partial charge on any atom is -0.222 e. The average molecular weight is 467 g/mol. The summed E-state index contributed by atoms with van der Waals surface area (Å²) in [5.74, 6) is 0. The standard InChI is InChI=1S/C19H12Cl2N2O4S2/c20-16-5-1-14(2-6-16)9-18(11-22)28(24,25)13-29(26,27)19(12-23)10-15-3-7-17(21)8-4-15/h1-10H,13H2. The third kappa shape index (κ3) is 6.18. The van der Waals surface area contributed by atoms with Crippen molar-refractivity contribution in [2.75, 3.05) is 5.08 Å². The molecular formula is C19H12Cl2N2O4S2. The summed E-state index contributed by atoms with van der Waals surface area (Å²) >= 11 is 11.5. The molecule has 6 nitrogen and oxygen atoms in total. The second kappa shape index (κ2) is 9.25. The lowest BCUT2D eigenvalue weighted by molar-refractivity contribution is 0.596. The molecule has 0 saturated carbocycles. The molecule has 0 amide bonds. The molecule has 0 fully saturated rings. The third-order valence-electron chi connectivity index (χ3n) is 3.54. The largest absolute Gasteiger partial charge is 0.222 e. The summed E-state index contributed by atoms with van der Waals surface area (Å²) in [7, 11) is -9.05. The normalized spacial score (nSPS) is 12.8. The van der Waals surface area contributed by atoms with Gasteiger partial charge in [-0.3, -0.25) is 0 Å². The van der Waals surface area contributed by atoms with Crippen molar-refractivity contribution in [3.05, 3.63) is 79.5 Å². The Kier molecular flexibility index (Phi) is 7.23. The molecule has 0 spiro atoms. The molecule has 0 aliphatic carbocycles. The van der Waals surface area contributed by atoms with Gasteiger partial charge in [-0.15, -0.1) is 0 Å². The smallest absolute Gasteiger partial charge is 0.203 e. The van der Waals surface area contributed by atoms with Gasteiger partial charge in [0.1, 0.15) is 21.9 Å². The molecule has 0 heterocycles. The van der Waals surface area contributed by atoms with Crippen molar-refractivity contribution in [1.82, 2.24) is 0 Å². The van der Waals surface area contributed by atoms with Crippen molar-refractivity contribution < 1.29 is 16.8 Å². The van der Waals surface area contributed by atoms with E-state index >= 15 is 0 Å². The molecule has 148 valence electrons. The lowest BCUT2D eigenvalue weighted by Crippen LogP contribution is -2.18. The van der Waals surface area contributed by atoms with Gasteiger partial charge in [-0.1, -0.05) is 47.5 Å². The first-order valence-electron chi connectivity index (χ1n) is 7.77. The van der Waals surface area contributed by atoms with Gasteiger partial charge in [0, 0.05) is 10.0 Å². The van der Waals surface area contributed by atoms with Crippen molar-refractivity contribution >= 4 is 55.0 Å². The van der Waals surface area contributed by atoms with Crippen molar-refractivity contribution in [2.24, 2.45) is 0 Å². The van der Waals surface area contributed by atoms with E-state index in [-0.39, 0.29) is 0 Å². The van der Waals surface area contributed by atoms with E-state index in [2.05, 4.69) is 0 Å². The molecule has 0 radical (unpaired) electrons. The van der Waals surface area contributed by atoms with Crippen molar-refractivity contribution in [3.8, 4) is 12.1 Å². The Morgan fingerprint density at radius 2 is 1.03 bits per heavy atom. The van der Waals surface area contributed by atoms with Crippen LogP contribution in [0.15, 0.2) is 58.3 Å². The highest BCUT2D eigenvalue weighted by Gasteiger charge is 2.29. The van der Waals surface area contributed by atoms with Gasteiger partial charge in [-0.25, -0.2) is 16.8 Å². The highest BCUT2D eigenvalue weighted by atomic mass is 35.5. The van der Waals surface area contributed by atoms with E-state index in [1.165, 1.54) is 60.7 Å². The van der Waals surface area contributed by atoms with Crippen molar-refractivity contribution in [2.45, 2.75) is 0 Å². The van der Waals surface area contributed by atoms with Crippen LogP contribution in [0, 0.1) is 22.7 Å². The van der Waals surface area contributed by atoms with Crippen LogP contribution in [0.25, 0.3) is 12.2 Å². The van der Waals surface area contributed by atoms with E-state index in [9.17, 15) is 27.4 Å². The second-order valence-electron chi connectivity index (χ2n) is 5.69. The average Bonchev–Trinajstić information content (AvgIpc) is 2.65. The predicted molar refractivity (Wildman–Crippen MR) is 113 cm³/mol. The molecule has 10 heteroatoms. The lowest BCUT2D eigenvalue weighted by atomic mass is 10.2. The molecule has 2 rings (SSSR count). The maximum atomic E-state index is 12.5. The fourth-order valence-electron chi connectivity index (χ4n) is 2.14. The number of halogens is 2. The molecular weight excluding hydrogens is 455 g/mol. The van der Waals surface area contributed by atoms with E-state index < -0.39 is 34.6 Å². The van der Waals surface area contributed by atoms with Crippen LogP contribution in [0.1, 0.15) is 11.1 Å². The third-order valence-corrected chi connectivity index (χ3v) is 8.28. The van der Waals surface area contributed by atoms with E-state index in [0.717, 1.165) is 12.2 Å². The number of rotatable bonds is 6. The topological polar surface area (TPSA) is 116 Å². The van der Waals surface area contributed by atoms with Gasteiger partial charge in [0.25, 0.3) is 0 Å². The maximum absolute atomic E-state index is 12.5. The zero-order chi connectivity index (χ0) is 21.7. The summed E-state index contributed by atoms with van der Waals surface area (Å²) in [6, 6.07) is 14.9. The molecule has 29 heavy (non-hydrogen) atoms. The fraction of sp³-hybridized carbons (Fsp3) is 0.0526. The molecule has 0 aromatic heterocycles. The first-order chi connectivity index (χ1) is 13.6. The fourth-order valence-corrected chi connectivity index (χ4v) is 5.95. The minimum atomic E-state index is -4.53. The van der Waals surface area contributed by atoms with Crippen LogP contribution >= 0.6 is 23.2 Å². The van der Waals surface area contributed by atoms with Crippen molar-refractivity contribution in [1.29, 1.82) is 10.5 Å². The van der Waals surface area contributed by atoms with E-state index in [4.69, 9.17) is 23.2 Å². The van der Waals surface area contributed by atoms with Crippen LogP contribution in [0.2, 0.25) is 10.0 Å². The Labute approximate surface area is 178 Å². The minimum absolute atomic E-state index is 0.351. The first-order valence-corrected chi connectivity index (χ1v) is 11.8. The highest BCUT2D eigenvalue weighted by Crippen LogP contribution is 2.21. The predicted octanol–water partition coefficient (Wildman–Crippen LogP) is 4.21. The van der Waals surface area contributed by atoms with E-state index in [1.54, 1.807) is 0 Å². The molecule has 0 bridgehead atoms. The Morgan fingerprint density at radius 3 is 1.31 bits per heavy atom. The molecule has 2 aromatic carbocycles. The zero-order valence-corrected chi connectivity index (χ0v) is 17.7. The van der Waals surface area contributed by atoms with Crippen LogP contribution in [0.4, 0.5) is 0 Å². The molecule has 0 saturated heterocycles. The molecule has 2 aromatic rings. The summed E-state index contributed by atoms with van der Waals surface area (Å²) in [5.41, 5.74) is 0.702. The molecule has 0 unspecified atom stereocenters. The summed E-state index contributed by atoms with van der Waals surface area (Å²) in [6.07, 6.45) is 2.08. The van der Waals surface area contributed by atoms with E-state index in [0.29, 0.717) is 21.2 Å². The van der Waals surface area contributed by atoms with Crippen molar-refractivity contribution in [3.63, 3.8) is 0 Å². The van der Waals surface area contributed by atoms with Gasteiger partial charge in [0.05, 0.1) is 0 Å².